The molecule has 0 saturated carbocycles. The molecule has 2 aromatic carbocycles. The van der Waals surface area contributed by atoms with Crippen molar-refractivity contribution in [1.29, 1.82) is 0 Å². The van der Waals surface area contributed by atoms with Gasteiger partial charge in [0.15, 0.2) is 11.5 Å². The molecule has 4 nitrogen and oxygen atoms in total. The summed E-state index contributed by atoms with van der Waals surface area (Å²) >= 11 is 9.11. The van der Waals surface area contributed by atoms with Gasteiger partial charge in [-0.3, -0.25) is 4.79 Å². The molecule has 6 heteroatoms. The Labute approximate surface area is 148 Å². The number of benzene rings is 2. The van der Waals surface area contributed by atoms with Crippen LogP contribution in [0, 0.1) is 0 Å². The largest absolute Gasteiger partial charge is 0.503 e. The number of amides is 1. The number of carbonyl (C=O) groups is 1. The predicted octanol–water partition coefficient (Wildman–Crippen LogP) is 4.70. The summed E-state index contributed by atoms with van der Waals surface area (Å²) in [6.45, 7) is 1.99. The zero-order valence-corrected chi connectivity index (χ0v) is 15.1. The predicted molar refractivity (Wildman–Crippen MR) is 94.3 cm³/mol. The molecule has 2 N–H and O–H groups in total. The highest BCUT2D eigenvalue weighted by Crippen LogP contribution is 2.35. The fourth-order valence-corrected chi connectivity index (χ4v) is 2.79. The maximum atomic E-state index is 12.5. The molecular weight excluding hydrogens is 382 g/mol. The van der Waals surface area contributed by atoms with E-state index in [0.29, 0.717) is 15.1 Å². The molecule has 0 heterocycles. The number of hydrogen-bond acceptors (Lipinski definition) is 3. The van der Waals surface area contributed by atoms with E-state index in [4.69, 9.17) is 16.3 Å². The summed E-state index contributed by atoms with van der Waals surface area (Å²) in [4.78, 5) is 12.5. The lowest BCUT2D eigenvalue weighted by Crippen LogP contribution is -2.28. The number of methoxy groups -OCH3 is 1. The molecular formula is C17H17BrClNO3. The molecule has 0 aliphatic rings. The third kappa shape index (κ3) is 4.18. The highest BCUT2D eigenvalue weighted by atomic mass is 79.9. The van der Waals surface area contributed by atoms with Crippen LogP contribution in [0.5, 0.6) is 11.5 Å². The molecule has 2 rings (SSSR count). The minimum Gasteiger partial charge on any atom is -0.503 e. The second kappa shape index (κ2) is 7.70. The minimum atomic E-state index is -0.245. The van der Waals surface area contributed by atoms with Crippen molar-refractivity contribution in [1.82, 2.24) is 5.32 Å². The van der Waals surface area contributed by atoms with Crippen LogP contribution in [-0.2, 0) is 0 Å². The van der Waals surface area contributed by atoms with E-state index >= 15 is 0 Å². The Kier molecular flexibility index (Phi) is 5.91. The summed E-state index contributed by atoms with van der Waals surface area (Å²) in [6.07, 6.45) is 0.740. The maximum absolute atomic E-state index is 12.5. The van der Waals surface area contributed by atoms with Gasteiger partial charge in [-0.05, 0) is 52.2 Å². The van der Waals surface area contributed by atoms with Crippen LogP contribution >= 0.6 is 27.5 Å². The van der Waals surface area contributed by atoms with E-state index in [1.54, 1.807) is 18.2 Å². The molecule has 0 aromatic heterocycles. The molecule has 0 unspecified atom stereocenters. The molecule has 0 fully saturated rings. The van der Waals surface area contributed by atoms with Crippen molar-refractivity contribution in [2.24, 2.45) is 0 Å². The second-order valence-electron chi connectivity index (χ2n) is 4.99. The van der Waals surface area contributed by atoms with Crippen LogP contribution in [0.25, 0.3) is 0 Å². The summed E-state index contributed by atoms with van der Waals surface area (Å²) in [5.41, 5.74) is 1.38. The lowest BCUT2D eigenvalue weighted by atomic mass is 10.0. The van der Waals surface area contributed by atoms with Gasteiger partial charge in [-0.25, -0.2) is 0 Å². The van der Waals surface area contributed by atoms with Crippen LogP contribution in [0.2, 0.25) is 5.02 Å². The Morgan fingerprint density at radius 2 is 2.00 bits per heavy atom. The molecule has 1 atom stereocenters. The quantitative estimate of drug-likeness (QED) is 0.767. The van der Waals surface area contributed by atoms with Gasteiger partial charge in [0.1, 0.15) is 0 Å². The third-order valence-electron chi connectivity index (χ3n) is 3.50. The first-order chi connectivity index (χ1) is 11.0. The standard InChI is InChI=1S/C17H17BrClNO3/c1-3-14(10-4-6-12(19)7-5-10)20-17(22)11-8-13(18)16(21)15(9-11)23-2/h4-9,14,21H,3H2,1-2H3,(H,20,22)/t14-/m0/s1. The molecule has 1 amide bonds. The van der Waals surface area contributed by atoms with Gasteiger partial charge in [0.2, 0.25) is 0 Å². The number of nitrogens with one attached hydrogen (secondary N) is 1. The topological polar surface area (TPSA) is 58.6 Å². The van der Waals surface area contributed by atoms with Gasteiger partial charge < -0.3 is 15.2 Å². The number of hydrogen-bond donors (Lipinski definition) is 2. The van der Waals surface area contributed by atoms with E-state index in [9.17, 15) is 9.90 Å². The van der Waals surface area contributed by atoms with E-state index in [1.807, 2.05) is 19.1 Å². The first-order valence-electron chi connectivity index (χ1n) is 7.09. The van der Waals surface area contributed by atoms with Crippen molar-refractivity contribution in [3.05, 3.63) is 57.0 Å². The molecule has 0 aliphatic heterocycles. The fraction of sp³-hybridized carbons (Fsp3) is 0.235. The monoisotopic (exact) mass is 397 g/mol. The number of phenols is 1. The van der Waals surface area contributed by atoms with E-state index in [0.717, 1.165) is 12.0 Å². The van der Waals surface area contributed by atoms with Crippen molar-refractivity contribution < 1.29 is 14.6 Å². The maximum Gasteiger partial charge on any atom is 0.251 e. The molecule has 0 saturated heterocycles. The van der Waals surface area contributed by atoms with Crippen LogP contribution in [-0.4, -0.2) is 18.1 Å². The number of rotatable bonds is 5. The number of aromatic hydroxyl groups is 1. The summed E-state index contributed by atoms with van der Waals surface area (Å²) in [6, 6.07) is 10.3. The number of ether oxygens (including phenoxy) is 1. The number of carbonyl (C=O) groups excluding carboxylic acids is 1. The van der Waals surface area contributed by atoms with E-state index < -0.39 is 0 Å². The Bertz CT molecular complexity index is 704. The van der Waals surface area contributed by atoms with E-state index in [-0.39, 0.29) is 23.4 Å². The van der Waals surface area contributed by atoms with E-state index in [1.165, 1.54) is 13.2 Å². The summed E-state index contributed by atoms with van der Waals surface area (Å²) in [5, 5.41) is 13.5. The lowest BCUT2D eigenvalue weighted by Gasteiger charge is -2.18. The van der Waals surface area contributed by atoms with Crippen LogP contribution in [0.3, 0.4) is 0 Å². The summed E-state index contributed by atoms with van der Waals surface area (Å²) in [7, 11) is 1.44. The first-order valence-corrected chi connectivity index (χ1v) is 8.26. The van der Waals surface area contributed by atoms with Crippen molar-refractivity contribution in [3.8, 4) is 11.5 Å². The zero-order valence-electron chi connectivity index (χ0n) is 12.8. The van der Waals surface area contributed by atoms with Crippen LogP contribution < -0.4 is 10.1 Å². The van der Waals surface area contributed by atoms with Crippen molar-refractivity contribution in [3.63, 3.8) is 0 Å². The molecule has 122 valence electrons. The van der Waals surface area contributed by atoms with Crippen LogP contribution in [0.4, 0.5) is 0 Å². The summed E-state index contributed by atoms with van der Waals surface area (Å²) in [5.74, 6) is -0.0383. The van der Waals surface area contributed by atoms with Gasteiger partial charge in [-0.2, -0.15) is 0 Å². The minimum absolute atomic E-state index is 0.0335. The van der Waals surface area contributed by atoms with Gasteiger partial charge in [0.05, 0.1) is 17.6 Å². The third-order valence-corrected chi connectivity index (χ3v) is 4.35. The Morgan fingerprint density at radius 3 is 2.57 bits per heavy atom. The molecule has 0 spiro atoms. The smallest absolute Gasteiger partial charge is 0.251 e. The van der Waals surface area contributed by atoms with Crippen molar-refractivity contribution in [2.45, 2.75) is 19.4 Å². The summed E-state index contributed by atoms with van der Waals surface area (Å²) < 4.78 is 5.48. The highest BCUT2D eigenvalue weighted by Gasteiger charge is 2.17. The van der Waals surface area contributed by atoms with Crippen molar-refractivity contribution >= 4 is 33.4 Å². The average molecular weight is 399 g/mol. The van der Waals surface area contributed by atoms with Gasteiger partial charge in [0.25, 0.3) is 5.91 Å². The van der Waals surface area contributed by atoms with E-state index in [2.05, 4.69) is 21.2 Å². The Balaban J connectivity index is 2.23. The normalized spacial score (nSPS) is 11.8. The highest BCUT2D eigenvalue weighted by molar-refractivity contribution is 9.10. The Hall–Kier alpha value is -1.72. The molecule has 23 heavy (non-hydrogen) atoms. The molecule has 2 aromatic rings. The van der Waals surface area contributed by atoms with Crippen LogP contribution in [0.1, 0.15) is 35.3 Å². The number of halogens is 2. The van der Waals surface area contributed by atoms with Crippen molar-refractivity contribution in [2.75, 3.05) is 7.11 Å². The lowest BCUT2D eigenvalue weighted by molar-refractivity contribution is 0.0935. The fourth-order valence-electron chi connectivity index (χ4n) is 2.22. The molecule has 0 radical (unpaired) electrons. The average Bonchev–Trinajstić information content (AvgIpc) is 2.55. The first kappa shape index (κ1) is 17.6. The van der Waals surface area contributed by atoms with Gasteiger partial charge in [0, 0.05) is 10.6 Å². The van der Waals surface area contributed by atoms with Gasteiger partial charge >= 0.3 is 0 Å². The van der Waals surface area contributed by atoms with Gasteiger partial charge in [-0.15, -0.1) is 0 Å². The second-order valence-corrected chi connectivity index (χ2v) is 6.29. The Morgan fingerprint density at radius 1 is 1.35 bits per heavy atom. The van der Waals surface area contributed by atoms with Gasteiger partial charge in [-0.1, -0.05) is 30.7 Å². The molecule has 0 aliphatic carbocycles. The van der Waals surface area contributed by atoms with Crippen LogP contribution in [0.15, 0.2) is 40.9 Å². The SMILES string of the molecule is CC[C@H](NC(=O)c1cc(Br)c(O)c(OC)c1)c1ccc(Cl)cc1. The zero-order chi connectivity index (χ0) is 17.0. The molecule has 0 bridgehead atoms. The number of phenolic OH excluding ortho intramolecular Hbond substituents is 1.